The molecule has 0 saturated carbocycles. The van der Waals surface area contributed by atoms with Crippen molar-refractivity contribution in [1.29, 1.82) is 0 Å². The van der Waals surface area contributed by atoms with Gasteiger partial charge in [0.1, 0.15) is 5.52 Å². The molecule has 1 aromatic carbocycles. The molecular weight excluding hydrogens is 270 g/mol. The number of rotatable bonds is 3. The molecule has 0 radical (unpaired) electrons. The summed E-state index contributed by atoms with van der Waals surface area (Å²) in [5.41, 5.74) is 8.77. The van der Waals surface area contributed by atoms with Crippen LogP contribution in [0.25, 0.3) is 10.2 Å². The number of nitrogens with two attached hydrogens (primary N) is 1. The number of halogens is 1. The molecule has 0 aliphatic heterocycles. The average Bonchev–Trinajstić information content (AvgIpc) is 2.79. The van der Waals surface area contributed by atoms with Gasteiger partial charge in [0.05, 0.1) is 27.0 Å². The first-order chi connectivity index (χ1) is 8.50. The second-order valence-corrected chi connectivity index (χ2v) is 5.67. The minimum Gasteiger partial charge on any atom is -0.322 e. The third kappa shape index (κ3) is 2.48. The Morgan fingerprint density at radius 3 is 2.89 bits per heavy atom. The maximum absolute atomic E-state index is 12.0. The van der Waals surface area contributed by atoms with E-state index < -0.39 is 6.04 Å². The molecule has 0 aliphatic rings. The van der Waals surface area contributed by atoms with Gasteiger partial charge in [-0.2, -0.15) is 0 Å². The van der Waals surface area contributed by atoms with Crippen molar-refractivity contribution in [2.75, 3.05) is 5.32 Å². The van der Waals surface area contributed by atoms with Gasteiger partial charge in [0.15, 0.2) is 0 Å². The van der Waals surface area contributed by atoms with Gasteiger partial charge >= 0.3 is 0 Å². The van der Waals surface area contributed by atoms with Gasteiger partial charge in [0.25, 0.3) is 0 Å². The summed E-state index contributed by atoms with van der Waals surface area (Å²) in [6.07, 6.45) is 0. The van der Waals surface area contributed by atoms with Gasteiger partial charge in [0.2, 0.25) is 5.91 Å². The Labute approximate surface area is 114 Å². The molecule has 4 nitrogen and oxygen atoms in total. The second-order valence-electron chi connectivity index (χ2n) is 4.38. The van der Waals surface area contributed by atoms with Gasteiger partial charge in [-0.25, -0.2) is 4.98 Å². The molecule has 0 aliphatic carbocycles. The largest absolute Gasteiger partial charge is 0.322 e. The number of carbonyl (C=O) groups is 1. The monoisotopic (exact) mass is 283 g/mol. The summed E-state index contributed by atoms with van der Waals surface area (Å²) in [5.74, 6) is -0.175. The topological polar surface area (TPSA) is 68.0 Å². The number of nitrogens with one attached hydrogen (secondary N) is 1. The minimum absolute atomic E-state index is 0.0680. The predicted octanol–water partition coefficient (Wildman–Crippen LogP) is 2.87. The molecule has 1 heterocycles. The quantitative estimate of drug-likeness (QED) is 0.910. The number of anilines is 1. The number of benzene rings is 1. The molecule has 1 atom stereocenters. The molecule has 0 bridgehead atoms. The highest BCUT2D eigenvalue weighted by Gasteiger charge is 2.19. The molecule has 0 saturated heterocycles. The first-order valence-electron chi connectivity index (χ1n) is 5.59. The van der Waals surface area contributed by atoms with Crippen LogP contribution in [0.15, 0.2) is 17.6 Å². The van der Waals surface area contributed by atoms with Gasteiger partial charge < -0.3 is 11.1 Å². The van der Waals surface area contributed by atoms with Crippen molar-refractivity contribution < 1.29 is 4.79 Å². The van der Waals surface area contributed by atoms with E-state index in [1.807, 2.05) is 19.9 Å². The van der Waals surface area contributed by atoms with Crippen molar-refractivity contribution in [3.05, 3.63) is 22.7 Å². The SMILES string of the molecule is CC(C)[C@@H](N)C(=O)Nc1c(Cl)ccc2scnc12. The standard InChI is InChI=1S/C12H14ClN3OS/c1-6(2)9(14)12(17)16-10-7(13)3-4-8-11(10)15-5-18-8/h3-6,9H,14H2,1-2H3,(H,16,17)/t9-/m1/s1. The van der Waals surface area contributed by atoms with Crippen LogP contribution in [-0.4, -0.2) is 16.9 Å². The third-order valence-corrected chi connectivity index (χ3v) is 3.83. The number of thiazole rings is 1. The molecule has 18 heavy (non-hydrogen) atoms. The maximum atomic E-state index is 12.0. The molecule has 0 unspecified atom stereocenters. The Balaban J connectivity index is 2.34. The number of amides is 1. The molecule has 2 rings (SSSR count). The lowest BCUT2D eigenvalue weighted by atomic mass is 10.0. The van der Waals surface area contributed by atoms with Gasteiger partial charge in [-0.3, -0.25) is 4.79 Å². The normalized spacial score (nSPS) is 12.9. The zero-order valence-corrected chi connectivity index (χ0v) is 11.7. The molecule has 0 spiro atoms. The highest BCUT2D eigenvalue weighted by atomic mass is 35.5. The Bertz CT molecular complexity index is 582. The van der Waals surface area contributed by atoms with E-state index in [4.69, 9.17) is 17.3 Å². The van der Waals surface area contributed by atoms with E-state index in [1.54, 1.807) is 11.6 Å². The summed E-state index contributed by atoms with van der Waals surface area (Å²) in [6, 6.07) is 3.07. The maximum Gasteiger partial charge on any atom is 0.241 e. The van der Waals surface area contributed by atoms with Crippen LogP contribution in [0.5, 0.6) is 0 Å². The summed E-state index contributed by atoms with van der Waals surface area (Å²) in [5, 5.41) is 3.24. The van der Waals surface area contributed by atoms with Crippen LogP contribution in [-0.2, 0) is 4.79 Å². The zero-order chi connectivity index (χ0) is 13.3. The molecule has 2 aromatic rings. The van der Waals surface area contributed by atoms with Crippen molar-refractivity contribution in [3.8, 4) is 0 Å². The highest BCUT2D eigenvalue weighted by molar-refractivity contribution is 7.16. The Morgan fingerprint density at radius 1 is 1.50 bits per heavy atom. The van der Waals surface area contributed by atoms with Crippen molar-refractivity contribution in [2.45, 2.75) is 19.9 Å². The fraction of sp³-hybridized carbons (Fsp3) is 0.333. The zero-order valence-electron chi connectivity index (χ0n) is 10.1. The fourth-order valence-corrected chi connectivity index (χ4v) is 2.42. The van der Waals surface area contributed by atoms with Crippen LogP contribution in [0.2, 0.25) is 5.02 Å². The van der Waals surface area contributed by atoms with Crippen molar-refractivity contribution in [2.24, 2.45) is 11.7 Å². The van der Waals surface area contributed by atoms with Gasteiger partial charge in [-0.05, 0) is 18.1 Å². The molecule has 1 aromatic heterocycles. The Kier molecular flexibility index (Phi) is 3.85. The van der Waals surface area contributed by atoms with Gasteiger partial charge in [0, 0.05) is 0 Å². The van der Waals surface area contributed by atoms with Crippen molar-refractivity contribution >= 4 is 44.7 Å². The number of carbonyl (C=O) groups excluding carboxylic acids is 1. The van der Waals surface area contributed by atoms with Crippen LogP contribution in [0.1, 0.15) is 13.8 Å². The summed E-state index contributed by atoms with van der Waals surface area (Å²) >= 11 is 7.60. The molecule has 6 heteroatoms. The van der Waals surface area contributed by atoms with E-state index in [2.05, 4.69) is 10.3 Å². The van der Waals surface area contributed by atoms with Crippen LogP contribution in [0.4, 0.5) is 5.69 Å². The van der Waals surface area contributed by atoms with Crippen molar-refractivity contribution in [1.82, 2.24) is 4.98 Å². The molecular formula is C12H14ClN3OS. The molecule has 1 amide bonds. The number of aromatic nitrogens is 1. The number of fused-ring (bicyclic) bond motifs is 1. The smallest absolute Gasteiger partial charge is 0.241 e. The fourth-order valence-electron chi connectivity index (χ4n) is 1.53. The lowest BCUT2D eigenvalue weighted by Gasteiger charge is -2.16. The second kappa shape index (κ2) is 5.22. The Hall–Kier alpha value is -1.17. The van der Waals surface area contributed by atoms with E-state index >= 15 is 0 Å². The first kappa shape index (κ1) is 13.3. The lowest BCUT2D eigenvalue weighted by molar-refractivity contribution is -0.118. The number of nitrogens with zero attached hydrogens (tertiary/aromatic N) is 1. The van der Waals surface area contributed by atoms with E-state index in [0.717, 1.165) is 4.70 Å². The van der Waals surface area contributed by atoms with Crippen molar-refractivity contribution in [3.63, 3.8) is 0 Å². The van der Waals surface area contributed by atoms with E-state index in [0.29, 0.717) is 16.2 Å². The summed E-state index contributed by atoms with van der Waals surface area (Å²) in [6.45, 7) is 3.80. The summed E-state index contributed by atoms with van der Waals surface area (Å²) in [7, 11) is 0. The Morgan fingerprint density at radius 2 is 2.22 bits per heavy atom. The molecule has 0 fully saturated rings. The highest BCUT2D eigenvalue weighted by Crippen LogP contribution is 2.32. The summed E-state index contributed by atoms with van der Waals surface area (Å²) in [4.78, 5) is 16.2. The van der Waals surface area contributed by atoms with Crippen LogP contribution in [0.3, 0.4) is 0 Å². The molecule has 96 valence electrons. The number of hydrogen-bond acceptors (Lipinski definition) is 4. The van der Waals surface area contributed by atoms with Gasteiger partial charge in [-0.1, -0.05) is 25.4 Å². The average molecular weight is 284 g/mol. The summed E-state index contributed by atoms with van der Waals surface area (Å²) < 4.78 is 0.979. The van der Waals surface area contributed by atoms with Crippen LogP contribution in [0, 0.1) is 5.92 Å². The number of hydrogen-bond donors (Lipinski definition) is 2. The third-order valence-electron chi connectivity index (χ3n) is 2.72. The lowest BCUT2D eigenvalue weighted by Crippen LogP contribution is -2.39. The first-order valence-corrected chi connectivity index (χ1v) is 6.84. The van der Waals surface area contributed by atoms with Crippen LogP contribution < -0.4 is 11.1 Å². The van der Waals surface area contributed by atoms with E-state index in [1.165, 1.54) is 11.3 Å². The van der Waals surface area contributed by atoms with E-state index in [9.17, 15) is 4.79 Å². The van der Waals surface area contributed by atoms with Crippen LogP contribution >= 0.6 is 22.9 Å². The predicted molar refractivity (Wildman–Crippen MR) is 76.1 cm³/mol. The molecule has 3 N–H and O–H groups in total. The van der Waals surface area contributed by atoms with E-state index in [-0.39, 0.29) is 11.8 Å². The minimum atomic E-state index is -0.560. The van der Waals surface area contributed by atoms with Gasteiger partial charge in [-0.15, -0.1) is 11.3 Å².